The Hall–Kier alpha value is -3.65. The summed E-state index contributed by atoms with van der Waals surface area (Å²) in [6.45, 7) is 6.04. The van der Waals surface area contributed by atoms with Crippen molar-refractivity contribution in [3.63, 3.8) is 0 Å². The van der Waals surface area contributed by atoms with Gasteiger partial charge in [-0.2, -0.15) is 0 Å². The van der Waals surface area contributed by atoms with Crippen LogP contribution in [0.15, 0.2) is 64.5 Å². The van der Waals surface area contributed by atoms with Crippen LogP contribution >= 0.6 is 11.8 Å². The number of rotatable bonds is 5. The zero-order valence-corrected chi connectivity index (χ0v) is 19.7. The molecule has 0 radical (unpaired) electrons. The first-order chi connectivity index (χ1) is 15.9. The lowest BCUT2D eigenvalue weighted by molar-refractivity contribution is 0.102. The molecule has 0 aliphatic carbocycles. The molecule has 3 aromatic heterocycles. The molecule has 0 aliphatic heterocycles. The summed E-state index contributed by atoms with van der Waals surface area (Å²) < 4.78 is 5.42. The highest BCUT2D eigenvalue weighted by Gasteiger charge is 2.20. The Balaban J connectivity index is 1.48. The molecular formula is C25H23N5O2S. The van der Waals surface area contributed by atoms with E-state index in [2.05, 4.69) is 46.0 Å². The number of nitrogens with zero attached hydrogens (tertiary/aromatic N) is 5. The Labute approximate surface area is 194 Å². The fourth-order valence-electron chi connectivity index (χ4n) is 4.25. The Bertz CT molecular complexity index is 1590. The summed E-state index contributed by atoms with van der Waals surface area (Å²) in [6.07, 6.45) is 0. The van der Waals surface area contributed by atoms with Crippen molar-refractivity contribution in [2.24, 2.45) is 7.05 Å². The zero-order valence-electron chi connectivity index (χ0n) is 18.9. The van der Waals surface area contributed by atoms with Gasteiger partial charge < -0.3 is 4.57 Å². The third-order valence-electron chi connectivity index (χ3n) is 5.95. The van der Waals surface area contributed by atoms with Gasteiger partial charge in [-0.1, -0.05) is 41.6 Å². The van der Waals surface area contributed by atoms with Crippen LogP contribution in [0.3, 0.4) is 0 Å². The summed E-state index contributed by atoms with van der Waals surface area (Å²) in [5, 5.41) is 9.64. The van der Waals surface area contributed by atoms with Gasteiger partial charge in [0.15, 0.2) is 10.9 Å². The molecule has 33 heavy (non-hydrogen) atoms. The molecular weight excluding hydrogens is 434 g/mol. The number of ketones is 1. The quantitative estimate of drug-likeness (QED) is 0.291. The van der Waals surface area contributed by atoms with Gasteiger partial charge in [0, 0.05) is 29.7 Å². The fraction of sp³-hybridized carbons (Fsp3) is 0.200. The van der Waals surface area contributed by atoms with Crippen LogP contribution in [0.5, 0.6) is 0 Å². The number of hydrogen-bond acceptors (Lipinski definition) is 5. The average molecular weight is 458 g/mol. The van der Waals surface area contributed by atoms with Gasteiger partial charge in [-0.05, 0) is 51.1 Å². The second kappa shape index (κ2) is 8.04. The van der Waals surface area contributed by atoms with E-state index in [1.807, 2.05) is 42.5 Å². The summed E-state index contributed by atoms with van der Waals surface area (Å²) >= 11 is 1.33. The molecule has 166 valence electrons. The average Bonchev–Trinajstić information content (AvgIpc) is 3.37. The molecule has 0 atom stereocenters. The van der Waals surface area contributed by atoms with Crippen molar-refractivity contribution in [1.29, 1.82) is 0 Å². The molecule has 8 heteroatoms. The van der Waals surface area contributed by atoms with Crippen molar-refractivity contribution in [3.8, 4) is 5.69 Å². The van der Waals surface area contributed by atoms with Crippen LogP contribution in [0.4, 0.5) is 0 Å². The minimum atomic E-state index is -0.123. The third kappa shape index (κ3) is 3.47. The number of thioether (sulfide) groups is 1. The fourth-order valence-corrected chi connectivity index (χ4v) is 5.07. The number of carbonyl (C=O) groups excluding carboxylic acids is 1. The number of benzene rings is 2. The number of aromatic nitrogens is 5. The SMILES string of the molecule is Cc1ccc(-n2c(C)cc(C(=O)CSc3nnc4n(C)c(=O)c5ccccc5n34)c2C)cc1. The smallest absolute Gasteiger partial charge is 0.262 e. The highest BCUT2D eigenvalue weighted by Crippen LogP contribution is 2.25. The number of para-hydroxylation sites is 1. The number of hydrogen-bond donors (Lipinski definition) is 0. The molecule has 0 N–H and O–H groups in total. The Morgan fingerprint density at radius 3 is 2.48 bits per heavy atom. The number of Topliss-reactive ketones (excluding diaryl/α,β-unsaturated/α-hetero) is 1. The first kappa shape index (κ1) is 21.2. The molecule has 0 spiro atoms. The maximum Gasteiger partial charge on any atom is 0.262 e. The van der Waals surface area contributed by atoms with Crippen LogP contribution in [0.1, 0.15) is 27.3 Å². The van der Waals surface area contributed by atoms with Crippen LogP contribution < -0.4 is 5.56 Å². The van der Waals surface area contributed by atoms with E-state index in [-0.39, 0.29) is 17.1 Å². The summed E-state index contributed by atoms with van der Waals surface area (Å²) in [5.74, 6) is 0.694. The zero-order chi connectivity index (χ0) is 23.3. The summed E-state index contributed by atoms with van der Waals surface area (Å²) in [7, 11) is 1.68. The molecule has 0 saturated carbocycles. The monoisotopic (exact) mass is 457 g/mol. The predicted molar refractivity (Wildman–Crippen MR) is 131 cm³/mol. The highest BCUT2D eigenvalue weighted by atomic mass is 32.2. The third-order valence-corrected chi connectivity index (χ3v) is 6.88. The molecule has 0 saturated heterocycles. The van der Waals surface area contributed by atoms with Crippen molar-refractivity contribution < 1.29 is 4.79 Å². The Kier molecular flexibility index (Phi) is 5.17. The summed E-state index contributed by atoms with van der Waals surface area (Å²) in [6, 6.07) is 17.6. The van der Waals surface area contributed by atoms with E-state index >= 15 is 0 Å². The van der Waals surface area contributed by atoms with Crippen LogP contribution in [-0.2, 0) is 7.05 Å². The van der Waals surface area contributed by atoms with E-state index in [1.54, 1.807) is 13.1 Å². The minimum absolute atomic E-state index is 0.0253. The topological polar surface area (TPSA) is 74.2 Å². The Morgan fingerprint density at radius 2 is 1.73 bits per heavy atom. The molecule has 2 aromatic carbocycles. The largest absolute Gasteiger partial charge is 0.318 e. The van der Waals surface area contributed by atoms with Gasteiger partial charge >= 0.3 is 0 Å². The molecule has 0 unspecified atom stereocenters. The molecule has 5 aromatic rings. The minimum Gasteiger partial charge on any atom is -0.318 e. The molecule has 3 heterocycles. The highest BCUT2D eigenvalue weighted by molar-refractivity contribution is 7.99. The van der Waals surface area contributed by atoms with Crippen LogP contribution in [0.25, 0.3) is 22.4 Å². The van der Waals surface area contributed by atoms with Gasteiger partial charge in [-0.15, -0.1) is 10.2 Å². The molecule has 0 bridgehead atoms. The van der Waals surface area contributed by atoms with Crippen molar-refractivity contribution in [2.45, 2.75) is 25.9 Å². The van der Waals surface area contributed by atoms with E-state index in [1.165, 1.54) is 21.9 Å². The molecule has 0 aliphatic rings. The number of carbonyl (C=O) groups is 1. The maximum atomic E-state index is 13.2. The predicted octanol–water partition coefficient (Wildman–Crippen LogP) is 4.27. The van der Waals surface area contributed by atoms with Crippen LogP contribution in [0.2, 0.25) is 0 Å². The van der Waals surface area contributed by atoms with Gasteiger partial charge in [0.1, 0.15) is 0 Å². The van der Waals surface area contributed by atoms with Gasteiger partial charge in [0.2, 0.25) is 5.78 Å². The van der Waals surface area contributed by atoms with E-state index in [0.717, 1.165) is 22.6 Å². The van der Waals surface area contributed by atoms with Crippen molar-refractivity contribution in [2.75, 3.05) is 5.75 Å². The second-order valence-electron chi connectivity index (χ2n) is 8.17. The van der Waals surface area contributed by atoms with Gasteiger partial charge in [0.25, 0.3) is 5.56 Å². The van der Waals surface area contributed by atoms with Crippen LogP contribution in [0, 0.1) is 20.8 Å². The summed E-state index contributed by atoms with van der Waals surface area (Å²) in [4.78, 5) is 25.8. The lowest BCUT2D eigenvalue weighted by Crippen LogP contribution is -2.20. The van der Waals surface area contributed by atoms with Crippen molar-refractivity contribution >= 4 is 34.2 Å². The lowest BCUT2D eigenvalue weighted by atomic mass is 10.2. The van der Waals surface area contributed by atoms with Gasteiger partial charge in [-0.25, -0.2) is 0 Å². The number of fused-ring (bicyclic) bond motifs is 3. The molecule has 7 nitrogen and oxygen atoms in total. The molecule has 0 fully saturated rings. The Morgan fingerprint density at radius 1 is 1.00 bits per heavy atom. The van der Waals surface area contributed by atoms with E-state index < -0.39 is 0 Å². The van der Waals surface area contributed by atoms with Gasteiger partial charge in [0.05, 0.1) is 16.7 Å². The van der Waals surface area contributed by atoms with E-state index in [4.69, 9.17) is 0 Å². The summed E-state index contributed by atoms with van der Waals surface area (Å²) in [5.41, 5.74) is 5.47. The lowest BCUT2D eigenvalue weighted by Gasteiger charge is -2.10. The standard InChI is InChI=1S/C25H23N5O2S/c1-15-9-11-18(12-10-15)29-16(2)13-20(17(29)3)22(31)14-33-25-27-26-24-28(4)23(32)19-7-5-6-8-21(19)30(24)25/h5-13H,14H2,1-4H3. The first-order valence-corrected chi connectivity index (χ1v) is 11.6. The molecule has 5 rings (SSSR count). The maximum absolute atomic E-state index is 13.2. The van der Waals surface area contributed by atoms with Crippen molar-refractivity contribution in [3.05, 3.63) is 87.5 Å². The van der Waals surface area contributed by atoms with Crippen LogP contribution in [-0.4, -0.2) is 35.3 Å². The van der Waals surface area contributed by atoms with Gasteiger partial charge in [-0.3, -0.25) is 18.6 Å². The first-order valence-electron chi connectivity index (χ1n) is 10.6. The molecule has 0 amide bonds. The normalized spacial score (nSPS) is 11.5. The van der Waals surface area contributed by atoms with E-state index in [0.29, 0.717) is 21.9 Å². The number of aryl methyl sites for hydroxylation is 3. The van der Waals surface area contributed by atoms with E-state index in [9.17, 15) is 9.59 Å². The second-order valence-corrected chi connectivity index (χ2v) is 9.11. The van der Waals surface area contributed by atoms with Crippen molar-refractivity contribution in [1.82, 2.24) is 23.7 Å².